The molecule has 0 atom stereocenters. The molecule has 1 fully saturated rings. The molecule has 1 aromatic rings. The topological polar surface area (TPSA) is 92.6 Å². The first-order valence-electron chi connectivity index (χ1n) is 5.88. The molecule has 0 bridgehead atoms. The number of rotatable bonds is 2. The van der Waals surface area contributed by atoms with Crippen molar-refractivity contribution in [3.05, 3.63) is 23.8 Å². The van der Waals surface area contributed by atoms with E-state index in [0.29, 0.717) is 19.7 Å². The number of carbonyl (C=O) groups is 2. The lowest BCUT2D eigenvalue weighted by atomic mass is 10.1. The highest BCUT2D eigenvalue weighted by Crippen LogP contribution is 2.17. The van der Waals surface area contributed by atoms with Crippen LogP contribution in [0.4, 0.5) is 0 Å². The van der Waals surface area contributed by atoms with Gasteiger partial charge in [0.2, 0.25) is 0 Å². The fraction of sp³-hybridized carbons (Fsp3) is 0.500. The van der Waals surface area contributed by atoms with Crippen molar-refractivity contribution in [3.8, 4) is 0 Å². The van der Waals surface area contributed by atoms with Crippen molar-refractivity contribution < 1.29 is 19.4 Å². The Morgan fingerprint density at radius 3 is 2.47 bits per heavy atom. The van der Waals surface area contributed by atoms with E-state index in [1.165, 1.54) is 6.20 Å². The first kappa shape index (κ1) is 13.4. The summed E-state index contributed by atoms with van der Waals surface area (Å²) in [5.74, 6) is -1.43. The number of aromatic carboxylic acids is 1. The van der Waals surface area contributed by atoms with Crippen LogP contribution >= 0.6 is 0 Å². The second kappa shape index (κ2) is 4.93. The van der Waals surface area contributed by atoms with E-state index in [1.54, 1.807) is 4.90 Å². The number of ether oxygens (including phenoxy) is 1. The van der Waals surface area contributed by atoms with E-state index in [4.69, 9.17) is 9.84 Å². The van der Waals surface area contributed by atoms with Gasteiger partial charge < -0.3 is 14.7 Å². The molecule has 0 radical (unpaired) electrons. The average Bonchev–Trinajstić information content (AvgIpc) is 2.37. The van der Waals surface area contributed by atoms with Crippen molar-refractivity contribution in [2.75, 3.05) is 19.7 Å². The van der Waals surface area contributed by atoms with Crippen LogP contribution < -0.4 is 0 Å². The normalized spacial score (nSPS) is 18.1. The average molecular weight is 265 g/mol. The first-order chi connectivity index (χ1) is 8.89. The molecule has 102 valence electrons. The number of hydrogen-bond acceptors (Lipinski definition) is 5. The Labute approximate surface area is 110 Å². The van der Waals surface area contributed by atoms with Crippen molar-refractivity contribution >= 4 is 11.9 Å². The summed E-state index contributed by atoms with van der Waals surface area (Å²) in [6, 6.07) is 0. The van der Waals surface area contributed by atoms with Crippen molar-refractivity contribution in [1.29, 1.82) is 0 Å². The highest BCUT2D eigenvalue weighted by molar-refractivity contribution is 5.92. The van der Waals surface area contributed by atoms with Crippen LogP contribution in [0.2, 0.25) is 0 Å². The zero-order chi connectivity index (χ0) is 14.0. The number of amides is 1. The minimum atomic E-state index is -1.17. The summed E-state index contributed by atoms with van der Waals surface area (Å²) in [5.41, 5.74) is -0.427. The van der Waals surface area contributed by atoms with E-state index in [2.05, 4.69) is 9.97 Å². The van der Waals surface area contributed by atoms with Gasteiger partial charge in [-0.15, -0.1) is 0 Å². The third kappa shape index (κ3) is 3.05. The number of aromatic nitrogens is 2. The lowest BCUT2D eigenvalue weighted by Crippen LogP contribution is -2.50. The molecule has 2 heterocycles. The number of nitrogens with zero attached hydrogens (tertiary/aromatic N) is 3. The molecule has 0 unspecified atom stereocenters. The van der Waals surface area contributed by atoms with Gasteiger partial charge in [0.25, 0.3) is 5.91 Å². The number of hydrogen-bond donors (Lipinski definition) is 1. The molecule has 0 saturated carbocycles. The predicted molar refractivity (Wildman–Crippen MR) is 64.9 cm³/mol. The van der Waals surface area contributed by atoms with Gasteiger partial charge in [-0.2, -0.15) is 0 Å². The fourth-order valence-corrected chi connectivity index (χ4v) is 1.90. The van der Waals surface area contributed by atoms with E-state index in [9.17, 15) is 9.59 Å². The highest BCUT2D eigenvalue weighted by Gasteiger charge is 2.31. The Balaban J connectivity index is 2.13. The van der Waals surface area contributed by atoms with E-state index in [1.807, 2.05) is 13.8 Å². The van der Waals surface area contributed by atoms with Crippen LogP contribution in [-0.4, -0.2) is 57.1 Å². The minimum Gasteiger partial charge on any atom is -0.476 e. The smallest absolute Gasteiger partial charge is 0.356 e. The maximum atomic E-state index is 12.2. The Morgan fingerprint density at radius 1 is 1.32 bits per heavy atom. The second-order valence-electron chi connectivity index (χ2n) is 4.93. The standard InChI is InChI=1S/C12H15N3O4/c1-12(2)7-15(3-4-19-12)10(16)8-5-14-9(6-13-8)11(17)18/h5-6H,3-4,7H2,1-2H3,(H,17,18). The van der Waals surface area contributed by atoms with Crippen molar-refractivity contribution in [2.45, 2.75) is 19.4 Å². The summed E-state index contributed by atoms with van der Waals surface area (Å²) in [6.45, 7) is 5.25. The molecule has 1 amide bonds. The van der Waals surface area contributed by atoms with E-state index in [0.717, 1.165) is 6.20 Å². The van der Waals surface area contributed by atoms with Crippen molar-refractivity contribution in [3.63, 3.8) is 0 Å². The van der Waals surface area contributed by atoms with Gasteiger partial charge >= 0.3 is 5.97 Å². The van der Waals surface area contributed by atoms with Crippen molar-refractivity contribution in [1.82, 2.24) is 14.9 Å². The van der Waals surface area contributed by atoms with E-state index >= 15 is 0 Å². The molecule has 0 aliphatic carbocycles. The zero-order valence-corrected chi connectivity index (χ0v) is 10.8. The molecule has 2 rings (SSSR count). The maximum absolute atomic E-state index is 12.2. The molecule has 1 aliphatic heterocycles. The molecular weight excluding hydrogens is 250 g/mol. The maximum Gasteiger partial charge on any atom is 0.356 e. The summed E-state index contributed by atoms with van der Waals surface area (Å²) in [6.07, 6.45) is 2.27. The number of morpholine rings is 1. The minimum absolute atomic E-state index is 0.141. The molecule has 0 aromatic carbocycles. The van der Waals surface area contributed by atoms with E-state index in [-0.39, 0.29) is 22.9 Å². The Morgan fingerprint density at radius 2 is 1.95 bits per heavy atom. The van der Waals surface area contributed by atoms with Crippen LogP contribution in [0, 0.1) is 0 Å². The van der Waals surface area contributed by atoms with Gasteiger partial charge in [0.1, 0.15) is 5.69 Å². The lowest BCUT2D eigenvalue weighted by Gasteiger charge is -2.37. The SMILES string of the molecule is CC1(C)CN(C(=O)c2cnc(C(=O)O)cn2)CCO1. The summed E-state index contributed by atoms with van der Waals surface area (Å²) < 4.78 is 5.52. The van der Waals surface area contributed by atoms with Gasteiger partial charge in [0, 0.05) is 13.1 Å². The van der Waals surface area contributed by atoms with Crippen molar-refractivity contribution in [2.24, 2.45) is 0 Å². The molecular formula is C12H15N3O4. The third-order valence-electron chi connectivity index (χ3n) is 2.80. The number of carbonyl (C=O) groups excluding carboxylic acids is 1. The Bertz CT molecular complexity index is 498. The Kier molecular flexibility index (Phi) is 3.48. The quantitative estimate of drug-likeness (QED) is 0.833. The summed E-state index contributed by atoms with van der Waals surface area (Å²) in [7, 11) is 0. The lowest BCUT2D eigenvalue weighted by molar-refractivity contribution is -0.0765. The molecule has 1 aliphatic rings. The van der Waals surface area contributed by atoms with Crippen LogP contribution in [0.25, 0.3) is 0 Å². The molecule has 1 N–H and O–H groups in total. The number of carboxylic acid groups (broad SMARTS) is 1. The molecule has 7 nitrogen and oxygen atoms in total. The van der Waals surface area contributed by atoms with Crippen LogP contribution in [0.1, 0.15) is 34.8 Å². The van der Waals surface area contributed by atoms with Gasteiger partial charge in [-0.25, -0.2) is 14.8 Å². The summed E-state index contributed by atoms with van der Waals surface area (Å²) in [5, 5.41) is 8.72. The third-order valence-corrected chi connectivity index (χ3v) is 2.80. The highest BCUT2D eigenvalue weighted by atomic mass is 16.5. The first-order valence-corrected chi connectivity index (χ1v) is 5.88. The monoisotopic (exact) mass is 265 g/mol. The second-order valence-corrected chi connectivity index (χ2v) is 4.93. The summed E-state index contributed by atoms with van der Waals surface area (Å²) >= 11 is 0. The molecule has 19 heavy (non-hydrogen) atoms. The molecule has 1 aromatic heterocycles. The summed E-state index contributed by atoms with van der Waals surface area (Å²) in [4.78, 5) is 32.0. The van der Waals surface area contributed by atoms with Crippen LogP contribution in [0.5, 0.6) is 0 Å². The molecule has 1 saturated heterocycles. The van der Waals surface area contributed by atoms with Gasteiger partial charge in [-0.05, 0) is 13.8 Å². The largest absolute Gasteiger partial charge is 0.476 e. The molecule has 7 heteroatoms. The van der Waals surface area contributed by atoms with Gasteiger partial charge in [-0.1, -0.05) is 0 Å². The van der Waals surface area contributed by atoms with Crippen LogP contribution in [0.15, 0.2) is 12.4 Å². The van der Waals surface area contributed by atoms with E-state index < -0.39 is 5.97 Å². The zero-order valence-electron chi connectivity index (χ0n) is 10.8. The van der Waals surface area contributed by atoms with Crippen LogP contribution in [-0.2, 0) is 4.74 Å². The fourth-order valence-electron chi connectivity index (χ4n) is 1.90. The van der Waals surface area contributed by atoms with Gasteiger partial charge in [0.05, 0.1) is 24.6 Å². The van der Waals surface area contributed by atoms with Gasteiger partial charge in [-0.3, -0.25) is 4.79 Å². The van der Waals surface area contributed by atoms with Gasteiger partial charge in [0.15, 0.2) is 5.69 Å². The predicted octanol–water partition coefficient (Wildman–Crippen LogP) is 0.426. The van der Waals surface area contributed by atoms with Crippen LogP contribution in [0.3, 0.4) is 0 Å². The number of carboxylic acids is 1. The molecule has 0 spiro atoms. The Hall–Kier alpha value is -2.02.